The molecule has 0 radical (unpaired) electrons. The van der Waals surface area contributed by atoms with Gasteiger partial charge in [0.1, 0.15) is 5.82 Å². The first-order valence-corrected chi connectivity index (χ1v) is 7.31. The molecule has 0 bridgehead atoms. The second-order valence-corrected chi connectivity index (χ2v) is 5.00. The number of carbonyl (C=O) groups is 2. The number of nitrogens with one attached hydrogen (secondary N) is 1. The van der Waals surface area contributed by atoms with Crippen LogP contribution in [0.25, 0.3) is 6.08 Å². The Morgan fingerprint density at radius 3 is 2.68 bits per heavy atom. The van der Waals surface area contributed by atoms with E-state index in [2.05, 4.69) is 5.32 Å². The van der Waals surface area contributed by atoms with E-state index in [0.29, 0.717) is 22.7 Å². The van der Waals surface area contributed by atoms with Crippen LogP contribution in [0.5, 0.6) is 11.5 Å². The molecule has 0 saturated heterocycles. The van der Waals surface area contributed by atoms with Crippen LogP contribution in [0.2, 0.25) is 0 Å². The molecular weight excluding hydrogens is 327 g/mol. The van der Waals surface area contributed by atoms with Gasteiger partial charge in [0.05, 0.1) is 7.11 Å². The van der Waals surface area contributed by atoms with Gasteiger partial charge in [-0.25, -0.2) is 4.39 Å². The molecule has 2 amide bonds. The fourth-order valence-electron chi connectivity index (χ4n) is 1.98. The SMILES string of the molecule is COc1cc(/C=C/C(=O)Nc2cccc(F)c2)ccc1OCC(N)=O. The topological polar surface area (TPSA) is 90.7 Å². The van der Waals surface area contributed by atoms with E-state index >= 15 is 0 Å². The smallest absolute Gasteiger partial charge is 0.255 e. The molecule has 0 heterocycles. The monoisotopic (exact) mass is 344 g/mol. The second-order valence-electron chi connectivity index (χ2n) is 5.00. The lowest BCUT2D eigenvalue weighted by molar-refractivity contribution is -0.120. The summed E-state index contributed by atoms with van der Waals surface area (Å²) in [6.07, 6.45) is 2.87. The van der Waals surface area contributed by atoms with Crippen molar-refractivity contribution in [3.8, 4) is 11.5 Å². The first-order chi connectivity index (χ1) is 12.0. The number of nitrogens with two attached hydrogens (primary N) is 1. The fourth-order valence-corrected chi connectivity index (χ4v) is 1.98. The highest BCUT2D eigenvalue weighted by Gasteiger charge is 2.06. The summed E-state index contributed by atoms with van der Waals surface area (Å²) in [5.74, 6) is -0.673. The van der Waals surface area contributed by atoms with E-state index in [1.165, 1.54) is 31.4 Å². The van der Waals surface area contributed by atoms with Crippen molar-refractivity contribution in [3.05, 3.63) is 59.9 Å². The Balaban J connectivity index is 2.04. The third kappa shape index (κ3) is 5.65. The van der Waals surface area contributed by atoms with E-state index in [0.717, 1.165) is 0 Å². The zero-order valence-electron chi connectivity index (χ0n) is 13.5. The fraction of sp³-hybridized carbons (Fsp3) is 0.111. The maximum Gasteiger partial charge on any atom is 0.255 e. The lowest BCUT2D eigenvalue weighted by Crippen LogP contribution is -2.20. The number of halogens is 1. The number of primary amides is 1. The van der Waals surface area contributed by atoms with E-state index in [4.69, 9.17) is 15.2 Å². The number of hydrogen-bond acceptors (Lipinski definition) is 4. The van der Waals surface area contributed by atoms with Crippen LogP contribution in [-0.4, -0.2) is 25.5 Å². The maximum absolute atomic E-state index is 13.1. The van der Waals surface area contributed by atoms with Gasteiger partial charge in [-0.1, -0.05) is 12.1 Å². The molecule has 7 heteroatoms. The number of amides is 2. The number of methoxy groups -OCH3 is 1. The molecule has 0 saturated carbocycles. The summed E-state index contributed by atoms with van der Waals surface area (Å²) in [5.41, 5.74) is 6.07. The quantitative estimate of drug-likeness (QED) is 0.755. The molecule has 6 nitrogen and oxygen atoms in total. The largest absolute Gasteiger partial charge is 0.493 e. The Labute approximate surface area is 144 Å². The Bertz CT molecular complexity index is 805. The average Bonchev–Trinajstić information content (AvgIpc) is 2.58. The van der Waals surface area contributed by atoms with Crippen molar-refractivity contribution < 1.29 is 23.5 Å². The van der Waals surface area contributed by atoms with Crippen molar-refractivity contribution in [2.45, 2.75) is 0 Å². The number of ether oxygens (including phenoxy) is 2. The van der Waals surface area contributed by atoms with Crippen LogP contribution < -0.4 is 20.5 Å². The molecule has 25 heavy (non-hydrogen) atoms. The van der Waals surface area contributed by atoms with Crippen LogP contribution in [-0.2, 0) is 9.59 Å². The van der Waals surface area contributed by atoms with E-state index in [1.807, 2.05) is 0 Å². The third-order valence-electron chi connectivity index (χ3n) is 3.08. The lowest BCUT2D eigenvalue weighted by Gasteiger charge is -2.10. The molecule has 0 aliphatic heterocycles. The molecule has 2 aromatic carbocycles. The van der Waals surface area contributed by atoms with Gasteiger partial charge in [0.2, 0.25) is 5.91 Å². The highest BCUT2D eigenvalue weighted by molar-refractivity contribution is 6.01. The standard InChI is InChI=1S/C18H17FN2O4/c1-24-16-9-12(5-7-15(16)25-11-17(20)22)6-8-18(23)21-14-4-2-3-13(19)10-14/h2-10H,11H2,1H3,(H2,20,22)(H,21,23)/b8-6+. The van der Waals surface area contributed by atoms with Crippen LogP contribution in [0.3, 0.4) is 0 Å². The average molecular weight is 344 g/mol. The first kappa shape index (κ1) is 18.0. The van der Waals surface area contributed by atoms with Gasteiger partial charge in [0, 0.05) is 11.8 Å². The van der Waals surface area contributed by atoms with Crippen LogP contribution >= 0.6 is 0 Å². The van der Waals surface area contributed by atoms with E-state index in [1.54, 1.807) is 30.3 Å². The highest BCUT2D eigenvalue weighted by Crippen LogP contribution is 2.28. The number of rotatable bonds is 7. The minimum atomic E-state index is -0.597. The van der Waals surface area contributed by atoms with Crippen molar-refractivity contribution in [1.29, 1.82) is 0 Å². The predicted molar refractivity (Wildman–Crippen MR) is 91.7 cm³/mol. The van der Waals surface area contributed by atoms with Crippen molar-refractivity contribution in [1.82, 2.24) is 0 Å². The Morgan fingerprint density at radius 1 is 1.20 bits per heavy atom. The Hall–Kier alpha value is -3.35. The number of hydrogen-bond donors (Lipinski definition) is 2. The predicted octanol–water partition coefficient (Wildman–Crippen LogP) is 2.35. The molecule has 0 unspecified atom stereocenters. The van der Waals surface area contributed by atoms with Gasteiger partial charge in [-0.05, 0) is 42.0 Å². The molecule has 0 spiro atoms. The number of anilines is 1. The lowest BCUT2D eigenvalue weighted by atomic mass is 10.2. The summed E-state index contributed by atoms with van der Waals surface area (Å²) in [4.78, 5) is 22.6. The molecule has 2 aromatic rings. The van der Waals surface area contributed by atoms with Gasteiger partial charge in [-0.15, -0.1) is 0 Å². The molecule has 3 N–H and O–H groups in total. The first-order valence-electron chi connectivity index (χ1n) is 7.31. The summed E-state index contributed by atoms with van der Waals surface area (Å²) < 4.78 is 23.5. The van der Waals surface area contributed by atoms with Crippen molar-refractivity contribution in [2.75, 3.05) is 19.0 Å². The maximum atomic E-state index is 13.1. The van der Waals surface area contributed by atoms with Gasteiger partial charge in [-0.3, -0.25) is 9.59 Å². The Kier molecular flexibility index (Phi) is 6.11. The number of benzene rings is 2. The molecule has 0 aliphatic carbocycles. The second kappa shape index (κ2) is 8.49. The number of carbonyl (C=O) groups excluding carboxylic acids is 2. The van der Waals surface area contributed by atoms with Crippen LogP contribution in [0, 0.1) is 5.82 Å². The van der Waals surface area contributed by atoms with Gasteiger partial charge < -0.3 is 20.5 Å². The van der Waals surface area contributed by atoms with Crippen molar-refractivity contribution in [3.63, 3.8) is 0 Å². The normalized spacial score (nSPS) is 10.5. The summed E-state index contributed by atoms with van der Waals surface area (Å²) in [6, 6.07) is 10.5. The third-order valence-corrected chi connectivity index (χ3v) is 3.08. The Morgan fingerprint density at radius 2 is 2.00 bits per heavy atom. The highest BCUT2D eigenvalue weighted by atomic mass is 19.1. The molecule has 0 fully saturated rings. The molecule has 0 aliphatic rings. The summed E-state index contributed by atoms with van der Waals surface area (Å²) in [7, 11) is 1.45. The van der Waals surface area contributed by atoms with Gasteiger partial charge in [0.25, 0.3) is 5.91 Å². The van der Waals surface area contributed by atoms with Crippen LogP contribution in [0.4, 0.5) is 10.1 Å². The summed E-state index contributed by atoms with van der Waals surface area (Å²) >= 11 is 0. The zero-order valence-corrected chi connectivity index (χ0v) is 13.5. The summed E-state index contributed by atoms with van der Waals surface area (Å²) in [6.45, 7) is -0.262. The van der Waals surface area contributed by atoms with Gasteiger partial charge in [-0.2, -0.15) is 0 Å². The van der Waals surface area contributed by atoms with E-state index in [9.17, 15) is 14.0 Å². The minimum Gasteiger partial charge on any atom is -0.493 e. The van der Waals surface area contributed by atoms with Crippen molar-refractivity contribution in [2.24, 2.45) is 5.73 Å². The van der Waals surface area contributed by atoms with Crippen LogP contribution in [0.15, 0.2) is 48.5 Å². The summed E-state index contributed by atoms with van der Waals surface area (Å²) in [5, 5.41) is 2.55. The van der Waals surface area contributed by atoms with Gasteiger partial charge >= 0.3 is 0 Å². The molecule has 0 aromatic heterocycles. The molecule has 0 atom stereocenters. The van der Waals surface area contributed by atoms with E-state index < -0.39 is 17.6 Å². The minimum absolute atomic E-state index is 0.262. The zero-order chi connectivity index (χ0) is 18.2. The van der Waals surface area contributed by atoms with Crippen LogP contribution in [0.1, 0.15) is 5.56 Å². The molecule has 2 rings (SSSR count). The van der Waals surface area contributed by atoms with Gasteiger partial charge in [0.15, 0.2) is 18.1 Å². The molecule has 130 valence electrons. The molecular formula is C18H17FN2O4. The van der Waals surface area contributed by atoms with E-state index in [-0.39, 0.29) is 6.61 Å². The van der Waals surface area contributed by atoms with Crippen molar-refractivity contribution >= 4 is 23.6 Å².